The number of hydrogen-bond acceptors (Lipinski definition) is 6. The minimum absolute atomic E-state index is 0.0249. The summed E-state index contributed by atoms with van der Waals surface area (Å²) in [7, 11) is 0. The average Bonchev–Trinajstić information content (AvgIpc) is 2.64. The number of pyridine rings is 1. The Morgan fingerprint density at radius 3 is 2.85 bits per heavy atom. The molecule has 0 saturated heterocycles. The zero-order chi connectivity index (χ0) is 18.5. The van der Waals surface area contributed by atoms with Crippen LogP contribution >= 0.6 is 0 Å². The van der Waals surface area contributed by atoms with Gasteiger partial charge in [0.1, 0.15) is 0 Å². The lowest BCUT2D eigenvalue weighted by Crippen LogP contribution is -2.22. The molecule has 3 rings (SSSR count). The fraction of sp³-hybridized carbons (Fsp3) is 0.0588. The third-order valence-corrected chi connectivity index (χ3v) is 3.52. The summed E-state index contributed by atoms with van der Waals surface area (Å²) in [6.45, 7) is 1.80. The van der Waals surface area contributed by atoms with Gasteiger partial charge in [-0.2, -0.15) is 4.99 Å². The Morgan fingerprint density at radius 1 is 1.27 bits per heavy atom. The molecule has 0 radical (unpaired) electrons. The van der Waals surface area contributed by atoms with Crippen LogP contribution in [0.2, 0.25) is 0 Å². The molecule has 0 spiro atoms. The van der Waals surface area contributed by atoms with Crippen molar-refractivity contribution in [1.29, 1.82) is 0 Å². The highest BCUT2D eigenvalue weighted by Gasteiger charge is 2.09. The van der Waals surface area contributed by atoms with Gasteiger partial charge in [0.2, 0.25) is 5.96 Å². The van der Waals surface area contributed by atoms with E-state index in [9.17, 15) is 10.1 Å². The number of nitro benzene ring substituents is 1. The summed E-state index contributed by atoms with van der Waals surface area (Å²) in [5, 5.41) is 13.7. The van der Waals surface area contributed by atoms with Crippen LogP contribution in [-0.2, 0) is 0 Å². The molecule has 130 valence electrons. The minimum atomic E-state index is -0.474. The number of nitrogens with two attached hydrogens (primary N) is 1. The Morgan fingerprint density at radius 2 is 2.12 bits per heavy atom. The van der Waals surface area contributed by atoms with Crippen LogP contribution < -0.4 is 11.1 Å². The Balaban J connectivity index is 1.85. The van der Waals surface area contributed by atoms with Crippen molar-refractivity contribution in [3.8, 4) is 11.3 Å². The molecule has 2 heterocycles. The molecule has 2 aromatic heterocycles. The fourth-order valence-electron chi connectivity index (χ4n) is 2.21. The number of nitrogens with one attached hydrogen (secondary N) is 1. The van der Waals surface area contributed by atoms with Crippen LogP contribution in [0.25, 0.3) is 11.3 Å². The molecule has 9 heteroatoms. The zero-order valence-electron chi connectivity index (χ0n) is 13.8. The van der Waals surface area contributed by atoms with E-state index in [-0.39, 0.29) is 17.6 Å². The van der Waals surface area contributed by atoms with Crippen molar-refractivity contribution in [3.63, 3.8) is 0 Å². The summed E-state index contributed by atoms with van der Waals surface area (Å²) in [6, 6.07) is 9.87. The minimum Gasteiger partial charge on any atom is -0.369 e. The lowest BCUT2D eigenvalue weighted by atomic mass is 10.2. The van der Waals surface area contributed by atoms with Crippen LogP contribution in [0.3, 0.4) is 0 Å². The number of aromatic nitrogens is 3. The number of guanidine groups is 1. The monoisotopic (exact) mass is 349 g/mol. The first-order valence-electron chi connectivity index (χ1n) is 7.62. The molecule has 1 aromatic carbocycles. The van der Waals surface area contributed by atoms with Crippen LogP contribution in [0.15, 0.2) is 60.0 Å². The van der Waals surface area contributed by atoms with Gasteiger partial charge in [0.25, 0.3) is 11.6 Å². The third kappa shape index (κ3) is 3.96. The maximum Gasteiger partial charge on any atom is 0.271 e. The SMILES string of the molecule is Cc1ccc([N+](=O)[O-])cc1NC(N)=Nc1nccc(-c2cccnc2)n1. The summed E-state index contributed by atoms with van der Waals surface area (Å²) < 4.78 is 0. The predicted molar refractivity (Wildman–Crippen MR) is 98.0 cm³/mol. The van der Waals surface area contributed by atoms with Gasteiger partial charge in [0, 0.05) is 36.3 Å². The van der Waals surface area contributed by atoms with Gasteiger partial charge in [-0.05, 0) is 30.7 Å². The largest absolute Gasteiger partial charge is 0.369 e. The van der Waals surface area contributed by atoms with E-state index >= 15 is 0 Å². The maximum absolute atomic E-state index is 10.9. The zero-order valence-corrected chi connectivity index (χ0v) is 13.8. The van der Waals surface area contributed by atoms with Crippen molar-refractivity contribution < 1.29 is 4.92 Å². The highest BCUT2D eigenvalue weighted by molar-refractivity contribution is 5.94. The topological polar surface area (TPSA) is 132 Å². The van der Waals surface area contributed by atoms with E-state index < -0.39 is 4.92 Å². The average molecular weight is 349 g/mol. The van der Waals surface area contributed by atoms with E-state index in [0.29, 0.717) is 11.4 Å². The number of nitrogens with zero attached hydrogens (tertiary/aromatic N) is 5. The molecule has 3 N–H and O–H groups in total. The number of aryl methyl sites for hydroxylation is 1. The first-order valence-corrected chi connectivity index (χ1v) is 7.62. The number of aliphatic imine (C=N–C) groups is 1. The van der Waals surface area contributed by atoms with Crippen molar-refractivity contribution in [2.24, 2.45) is 10.7 Å². The van der Waals surface area contributed by atoms with Gasteiger partial charge in [-0.15, -0.1) is 0 Å². The van der Waals surface area contributed by atoms with Gasteiger partial charge in [0.15, 0.2) is 0 Å². The molecule has 0 bridgehead atoms. The molecular formula is C17H15N7O2. The van der Waals surface area contributed by atoms with Gasteiger partial charge >= 0.3 is 0 Å². The molecule has 0 aliphatic rings. The molecule has 0 saturated carbocycles. The number of rotatable bonds is 4. The third-order valence-electron chi connectivity index (χ3n) is 3.52. The summed E-state index contributed by atoms with van der Waals surface area (Å²) in [5.74, 6) is 0.191. The lowest BCUT2D eigenvalue weighted by Gasteiger charge is -2.08. The maximum atomic E-state index is 10.9. The number of benzene rings is 1. The quantitative estimate of drug-likeness (QED) is 0.320. The van der Waals surface area contributed by atoms with Crippen molar-refractivity contribution >= 4 is 23.3 Å². The Bertz CT molecular complexity index is 974. The second-order valence-electron chi connectivity index (χ2n) is 5.36. The van der Waals surface area contributed by atoms with Gasteiger partial charge in [-0.1, -0.05) is 6.07 Å². The van der Waals surface area contributed by atoms with E-state index in [4.69, 9.17) is 5.73 Å². The van der Waals surface area contributed by atoms with E-state index in [1.807, 2.05) is 6.07 Å². The van der Waals surface area contributed by atoms with Crippen LogP contribution in [0.1, 0.15) is 5.56 Å². The van der Waals surface area contributed by atoms with Crippen molar-refractivity contribution in [2.75, 3.05) is 5.32 Å². The van der Waals surface area contributed by atoms with E-state index in [0.717, 1.165) is 11.1 Å². The second kappa shape index (κ2) is 7.34. The summed E-state index contributed by atoms with van der Waals surface area (Å²) >= 11 is 0. The normalized spacial score (nSPS) is 11.2. The van der Waals surface area contributed by atoms with Crippen molar-refractivity contribution in [2.45, 2.75) is 6.92 Å². The molecule has 0 aliphatic heterocycles. The number of non-ortho nitro benzene ring substituents is 1. The summed E-state index contributed by atoms with van der Waals surface area (Å²) in [5.41, 5.74) is 8.62. The summed E-state index contributed by atoms with van der Waals surface area (Å²) in [4.78, 5) is 27.0. The highest BCUT2D eigenvalue weighted by Crippen LogP contribution is 2.22. The standard InChI is InChI=1S/C17H15N7O2/c1-11-4-5-13(24(25)26)9-15(11)21-16(18)23-17-20-8-6-14(22-17)12-3-2-7-19-10-12/h2-10H,1H3,(H3,18,20,21,22,23). The van der Waals surface area contributed by atoms with Crippen molar-refractivity contribution in [3.05, 3.63) is 70.7 Å². The van der Waals surface area contributed by atoms with Crippen LogP contribution in [0.4, 0.5) is 17.3 Å². The van der Waals surface area contributed by atoms with E-state index in [1.54, 1.807) is 43.7 Å². The fourth-order valence-corrected chi connectivity index (χ4v) is 2.21. The second-order valence-corrected chi connectivity index (χ2v) is 5.36. The molecule has 3 aromatic rings. The Kier molecular flexibility index (Phi) is 4.79. The van der Waals surface area contributed by atoms with Crippen LogP contribution in [0, 0.1) is 17.0 Å². The predicted octanol–water partition coefficient (Wildman–Crippen LogP) is 2.81. The van der Waals surface area contributed by atoms with E-state index in [1.165, 1.54) is 12.1 Å². The van der Waals surface area contributed by atoms with Crippen molar-refractivity contribution in [1.82, 2.24) is 15.0 Å². The van der Waals surface area contributed by atoms with Crippen LogP contribution in [-0.4, -0.2) is 25.8 Å². The molecule has 0 fully saturated rings. The van der Waals surface area contributed by atoms with E-state index in [2.05, 4.69) is 25.3 Å². The highest BCUT2D eigenvalue weighted by atomic mass is 16.6. The van der Waals surface area contributed by atoms with Gasteiger partial charge < -0.3 is 11.1 Å². The molecule has 0 aliphatic carbocycles. The first kappa shape index (κ1) is 17.0. The molecule has 0 amide bonds. The molecule has 0 unspecified atom stereocenters. The number of anilines is 1. The molecular weight excluding hydrogens is 334 g/mol. The number of hydrogen-bond donors (Lipinski definition) is 2. The smallest absolute Gasteiger partial charge is 0.271 e. The van der Waals surface area contributed by atoms with Gasteiger partial charge in [0.05, 0.1) is 16.3 Å². The molecule has 26 heavy (non-hydrogen) atoms. The number of nitro groups is 1. The molecule has 0 atom stereocenters. The van der Waals surface area contributed by atoms with Crippen LogP contribution in [0.5, 0.6) is 0 Å². The Labute approximate surface area is 148 Å². The lowest BCUT2D eigenvalue weighted by molar-refractivity contribution is -0.384. The van der Waals surface area contributed by atoms with Gasteiger partial charge in [-0.3, -0.25) is 15.1 Å². The first-order chi connectivity index (χ1) is 12.5. The van der Waals surface area contributed by atoms with Gasteiger partial charge in [-0.25, -0.2) is 9.97 Å². The Hall–Kier alpha value is -3.88. The molecule has 9 nitrogen and oxygen atoms in total. The summed E-state index contributed by atoms with van der Waals surface area (Å²) in [6.07, 6.45) is 4.93.